The van der Waals surface area contributed by atoms with Crippen molar-refractivity contribution in [3.63, 3.8) is 0 Å². The van der Waals surface area contributed by atoms with Gasteiger partial charge in [-0.15, -0.1) is 0 Å². The molecule has 1 rings (SSSR count). The Balaban J connectivity index is 2.80. The molecule has 0 radical (unpaired) electrons. The molecular weight excluding hydrogens is 426 g/mol. The van der Waals surface area contributed by atoms with Crippen LogP contribution in [-0.2, 0) is 16.1 Å². The smallest absolute Gasteiger partial charge is 0.408 e. The highest BCUT2D eigenvalue weighted by Gasteiger charge is 2.28. The van der Waals surface area contributed by atoms with E-state index in [1.165, 1.54) is 0 Å². The number of hydrogen-bond acceptors (Lipinski definition) is 6. The molecule has 2 atom stereocenters. The van der Waals surface area contributed by atoms with Gasteiger partial charge >= 0.3 is 12.1 Å². The number of benzene rings is 1. The van der Waals surface area contributed by atoms with Gasteiger partial charge in [-0.25, -0.2) is 9.59 Å². The van der Waals surface area contributed by atoms with Crippen LogP contribution in [0.25, 0.3) is 0 Å². The maximum absolute atomic E-state index is 13.0. The first-order chi connectivity index (χ1) is 15.4. The summed E-state index contributed by atoms with van der Waals surface area (Å²) in [4.78, 5) is 36.1. The SMILES string of the molecule is CC(C)[C@H](NC(=O)OC(C)(C)C)C(=O)NC(CCCNC(N)=O)CNc1ccc(CO)cc1. The van der Waals surface area contributed by atoms with Gasteiger partial charge in [-0.1, -0.05) is 26.0 Å². The number of amides is 4. The molecular formula is C23H39N5O5. The first kappa shape index (κ1) is 28.0. The van der Waals surface area contributed by atoms with Crippen molar-refractivity contribution in [2.24, 2.45) is 11.7 Å². The summed E-state index contributed by atoms with van der Waals surface area (Å²) in [6.07, 6.45) is 0.524. The fourth-order valence-electron chi connectivity index (χ4n) is 3.01. The number of carbonyl (C=O) groups excluding carboxylic acids is 3. The van der Waals surface area contributed by atoms with Crippen molar-refractivity contribution >= 4 is 23.7 Å². The summed E-state index contributed by atoms with van der Waals surface area (Å²) >= 11 is 0. The van der Waals surface area contributed by atoms with Gasteiger partial charge in [0.2, 0.25) is 5.91 Å². The number of aliphatic hydroxyl groups is 1. The van der Waals surface area contributed by atoms with Crippen molar-refractivity contribution in [3.8, 4) is 0 Å². The van der Waals surface area contributed by atoms with Gasteiger partial charge in [0.1, 0.15) is 11.6 Å². The second kappa shape index (κ2) is 13.5. The topological polar surface area (TPSA) is 155 Å². The number of primary amides is 1. The number of nitrogens with one attached hydrogen (secondary N) is 4. The van der Waals surface area contributed by atoms with E-state index in [0.717, 1.165) is 11.3 Å². The van der Waals surface area contributed by atoms with E-state index in [2.05, 4.69) is 21.3 Å². The van der Waals surface area contributed by atoms with Crippen LogP contribution >= 0.6 is 0 Å². The van der Waals surface area contributed by atoms with Crippen molar-refractivity contribution in [2.75, 3.05) is 18.4 Å². The third-order valence-corrected chi connectivity index (χ3v) is 4.69. The number of anilines is 1. The van der Waals surface area contributed by atoms with Gasteiger partial charge in [0.15, 0.2) is 0 Å². The third-order valence-electron chi connectivity index (χ3n) is 4.69. The van der Waals surface area contributed by atoms with E-state index in [1.807, 2.05) is 38.1 Å². The lowest BCUT2D eigenvalue weighted by Crippen LogP contribution is -2.54. The van der Waals surface area contributed by atoms with Gasteiger partial charge in [-0.2, -0.15) is 0 Å². The van der Waals surface area contributed by atoms with Gasteiger partial charge in [0.05, 0.1) is 6.61 Å². The Labute approximate surface area is 196 Å². The highest BCUT2D eigenvalue weighted by molar-refractivity contribution is 5.86. The van der Waals surface area contributed by atoms with Gasteiger partial charge in [0, 0.05) is 24.8 Å². The zero-order valence-electron chi connectivity index (χ0n) is 20.2. The first-order valence-corrected chi connectivity index (χ1v) is 11.2. The second-order valence-corrected chi connectivity index (χ2v) is 9.24. The van der Waals surface area contributed by atoms with E-state index in [1.54, 1.807) is 20.8 Å². The van der Waals surface area contributed by atoms with Crippen LogP contribution in [0.3, 0.4) is 0 Å². The molecule has 7 N–H and O–H groups in total. The number of ether oxygens (including phenoxy) is 1. The summed E-state index contributed by atoms with van der Waals surface area (Å²) in [6.45, 7) is 9.73. The summed E-state index contributed by atoms with van der Waals surface area (Å²) in [7, 11) is 0. The van der Waals surface area contributed by atoms with Crippen LogP contribution in [0.5, 0.6) is 0 Å². The number of hydrogen-bond donors (Lipinski definition) is 6. The van der Waals surface area contributed by atoms with E-state index in [4.69, 9.17) is 10.5 Å². The monoisotopic (exact) mass is 465 g/mol. The average Bonchev–Trinajstić information content (AvgIpc) is 2.71. The fourth-order valence-corrected chi connectivity index (χ4v) is 3.01. The van der Waals surface area contributed by atoms with Crippen molar-refractivity contribution in [1.29, 1.82) is 0 Å². The van der Waals surface area contributed by atoms with E-state index in [0.29, 0.717) is 25.9 Å². The number of aliphatic hydroxyl groups excluding tert-OH is 1. The van der Waals surface area contributed by atoms with Crippen LogP contribution in [0.15, 0.2) is 24.3 Å². The van der Waals surface area contributed by atoms with Gasteiger partial charge in [-0.3, -0.25) is 4.79 Å². The van der Waals surface area contributed by atoms with Crippen LogP contribution in [-0.4, -0.2) is 53.9 Å². The van der Waals surface area contributed by atoms with Gasteiger partial charge < -0.3 is 36.8 Å². The van der Waals surface area contributed by atoms with Crippen molar-refractivity contribution in [1.82, 2.24) is 16.0 Å². The molecule has 0 aliphatic rings. The van der Waals surface area contributed by atoms with Crippen molar-refractivity contribution < 1.29 is 24.2 Å². The molecule has 0 saturated heterocycles. The molecule has 0 aliphatic carbocycles. The molecule has 1 aromatic rings. The summed E-state index contributed by atoms with van der Waals surface area (Å²) < 4.78 is 5.29. The Morgan fingerprint density at radius 1 is 1.09 bits per heavy atom. The Morgan fingerprint density at radius 2 is 1.73 bits per heavy atom. The molecule has 10 nitrogen and oxygen atoms in total. The molecule has 4 amide bonds. The number of alkyl carbamates (subject to hydrolysis) is 1. The molecule has 186 valence electrons. The predicted molar refractivity (Wildman–Crippen MR) is 128 cm³/mol. The predicted octanol–water partition coefficient (Wildman–Crippen LogP) is 2.07. The zero-order chi connectivity index (χ0) is 25.0. The van der Waals surface area contributed by atoms with Crippen LogP contribution < -0.4 is 27.0 Å². The van der Waals surface area contributed by atoms with Crippen LogP contribution in [0.1, 0.15) is 53.0 Å². The summed E-state index contributed by atoms with van der Waals surface area (Å²) in [6, 6.07) is 5.68. The Bertz CT molecular complexity index is 762. The molecule has 33 heavy (non-hydrogen) atoms. The highest BCUT2D eigenvalue weighted by Crippen LogP contribution is 2.12. The molecule has 1 aromatic carbocycles. The van der Waals surface area contributed by atoms with E-state index < -0.39 is 23.8 Å². The van der Waals surface area contributed by atoms with Gasteiger partial charge in [-0.05, 0) is 57.2 Å². The maximum atomic E-state index is 13.0. The second-order valence-electron chi connectivity index (χ2n) is 9.24. The fraction of sp³-hybridized carbons (Fsp3) is 0.609. The Kier molecular flexibility index (Phi) is 11.5. The van der Waals surface area contributed by atoms with Gasteiger partial charge in [0.25, 0.3) is 0 Å². The minimum Gasteiger partial charge on any atom is -0.444 e. The minimum absolute atomic E-state index is 0.0347. The summed E-state index contributed by atoms with van der Waals surface area (Å²) in [5.74, 6) is -0.477. The molecule has 0 bridgehead atoms. The van der Waals surface area contributed by atoms with Crippen LogP contribution in [0, 0.1) is 5.92 Å². The molecule has 0 fully saturated rings. The van der Waals surface area contributed by atoms with Crippen molar-refractivity contribution in [3.05, 3.63) is 29.8 Å². The maximum Gasteiger partial charge on any atom is 0.408 e. The standard InChI is InChI=1S/C23H39N5O5/c1-15(2)19(28-22(32)33-23(3,4)5)20(30)27-18(7-6-12-25-21(24)31)13-26-17-10-8-16(14-29)9-11-17/h8-11,15,18-19,26,29H,6-7,12-14H2,1-5H3,(H,27,30)(H,28,32)(H3,24,25,31)/t18?,19-/m0/s1. The lowest BCUT2D eigenvalue weighted by molar-refractivity contribution is -0.124. The molecule has 10 heteroatoms. The summed E-state index contributed by atoms with van der Waals surface area (Å²) in [5, 5.41) is 20.6. The van der Waals surface area contributed by atoms with Crippen LogP contribution in [0.4, 0.5) is 15.3 Å². The van der Waals surface area contributed by atoms with E-state index >= 15 is 0 Å². The lowest BCUT2D eigenvalue weighted by Gasteiger charge is -2.27. The quantitative estimate of drug-likeness (QED) is 0.260. The number of nitrogens with two attached hydrogens (primary N) is 1. The molecule has 0 aliphatic heterocycles. The number of rotatable bonds is 12. The molecule has 1 unspecified atom stereocenters. The number of carbonyl (C=O) groups is 3. The van der Waals surface area contributed by atoms with E-state index in [9.17, 15) is 19.5 Å². The molecule has 0 spiro atoms. The minimum atomic E-state index is -0.769. The average molecular weight is 466 g/mol. The normalized spacial score (nSPS) is 13.1. The zero-order valence-corrected chi connectivity index (χ0v) is 20.2. The third kappa shape index (κ3) is 12.0. The first-order valence-electron chi connectivity index (χ1n) is 11.2. The highest BCUT2D eigenvalue weighted by atomic mass is 16.6. The largest absolute Gasteiger partial charge is 0.444 e. The Morgan fingerprint density at radius 3 is 2.24 bits per heavy atom. The van der Waals surface area contributed by atoms with Crippen LogP contribution in [0.2, 0.25) is 0 Å². The molecule has 0 saturated carbocycles. The van der Waals surface area contributed by atoms with Crippen molar-refractivity contribution in [2.45, 2.75) is 71.8 Å². The lowest BCUT2D eigenvalue weighted by atomic mass is 10.0. The molecule has 0 heterocycles. The Hall–Kier alpha value is -3.01. The summed E-state index contributed by atoms with van der Waals surface area (Å²) in [5.41, 5.74) is 6.08. The number of urea groups is 1. The van der Waals surface area contributed by atoms with E-state index in [-0.39, 0.29) is 24.5 Å². The molecule has 0 aromatic heterocycles.